The third-order valence-electron chi connectivity index (χ3n) is 15.6. The van der Waals surface area contributed by atoms with Crippen LogP contribution in [-0.2, 0) is 10.8 Å². The molecular weight excluding hydrogens is 894 g/mol. The van der Waals surface area contributed by atoms with E-state index in [0.717, 1.165) is 36.0 Å². The highest BCUT2D eigenvalue weighted by atomic mass is 35.5. The van der Waals surface area contributed by atoms with E-state index in [4.69, 9.17) is 23.2 Å². The van der Waals surface area contributed by atoms with Gasteiger partial charge in [0, 0.05) is 92.1 Å². The minimum absolute atomic E-state index is 0.195. The van der Waals surface area contributed by atoms with Gasteiger partial charge in [0.2, 0.25) is 17.1 Å². The van der Waals surface area contributed by atoms with Gasteiger partial charge in [0.1, 0.15) is 0 Å². The second kappa shape index (κ2) is 26.4. The molecule has 0 atom stereocenters. The molecule has 0 bridgehead atoms. The van der Waals surface area contributed by atoms with Crippen LogP contribution in [0, 0.1) is 0 Å². The van der Waals surface area contributed by atoms with E-state index in [2.05, 4.69) is 177 Å². The molecule has 1 aliphatic carbocycles. The summed E-state index contributed by atoms with van der Waals surface area (Å²) in [5.74, 6) is 0. The topological polar surface area (TPSA) is 9.49 Å². The third kappa shape index (κ3) is 13.4. The van der Waals surface area contributed by atoms with Gasteiger partial charge >= 0.3 is 0 Å². The highest BCUT2D eigenvalue weighted by Gasteiger charge is 2.42. The second-order valence-electron chi connectivity index (χ2n) is 21.6. The molecule has 0 amide bonds. The Labute approximate surface area is 435 Å². The molecule has 0 radical (unpaired) electrons. The highest BCUT2D eigenvalue weighted by Crippen LogP contribution is 2.50. The molecule has 1 fully saturated rings. The predicted octanol–water partition coefficient (Wildman–Crippen LogP) is 20.1. The number of allylic oxidation sites excluding steroid dienone is 8. The quantitative estimate of drug-likeness (QED) is 0.0458. The fraction of sp³-hybridized carbons (Fsp3) is 0.492. The van der Waals surface area contributed by atoms with Gasteiger partial charge in [0.25, 0.3) is 0 Å². The number of benzene rings is 4. The van der Waals surface area contributed by atoms with Gasteiger partial charge in [-0.25, -0.2) is 0 Å². The summed E-state index contributed by atoms with van der Waals surface area (Å²) in [5, 5.41) is 1.61. The minimum atomic E-state index is -0.195. The van der Waals surface area contributed by atoms with Crippen molar-refractivity contribution in [3.8, 4) is 0 Å². The molecular formula is C65H86Cl2N3+. The second-order valence-corrected chi connectivity index (χ2v) is 22.5. The molecule has 1 saturated carbocycles. The van der Waals surface area contributed by atoms with Crippen LogP contribution in [0.1, 0.15) is 194 Å². The molecule has 3 nitrogen and oxygen atoms in total. The first-order valence-electron chi connectivity index (χ1n) is 27.8. The van der Waals surface area contributed by atoms with Crippen LogP contribution in [0.2, 0.25) is 10.0 Å². The largest absolute Gasteiger partial charge is 0.344 e. The summed E-state index contributed by atoms with van der Waals surface area (Å²) < 4.78 is 2.51. The standard InChI is InChI=1S/C65H86Cl2N3/c1-7-9-11-13-15-17-19-21-23-31-47-68-59-43-41-53(66)49-57(59)64(3,4)61(68)45-39-51-37-38-52(63(51)70(55-33-27-25-28-34-55)56-35-29-26-30-36-56)40-46-62-65(5,6)58-50-54(67)42-44-60(58)69(62)48-32-24-22-20-18-16-14-12-10-8-2/h25-30,33-36,39-46,49-50H,7-24,31-32,37-38,47-48H2,1-6H3/q+1. The van der Waals surface area contributed by atoms with Crippen molar-refractivity contribution in [3.05, 3.63) is 165 Å². The molecule has 2 heterocycles. The van der Waals surface area contributed by atoms with Gasteiger partial charge in [-0.05, 0) is 85.4 Å². The van der Waals surface area contributed by atoms with Crippen LogP contribution in [0.4, 0.5) is 22.7 Å². The van der Waals surface area contributed by atoms with E-state index in [-0.39, 0.29) is 10.8 Å². The van der Waals surface area contributed by atoms with E-state index in [1.165, 1.54) is 191 Å². The molecule has 0 saturated heterocycles. The van der Waals surface area contributed by atoms with Crippen LogP contribution in [-0.4, -0.2) is 18.8 Å². The van der Waals surface area contributed by atoms with Gasteiger partial charge < -0.3 is 9.80 Å². The number of fused-ring (bicyclic) bond motifs is 2. The SMILES string of the molecule is CCCCCCCCCCCCN1C(=C/C=C2\CC/C(=C\C=C3N(CCCCCCCCCCCC)c4ccc(Cl)cc4C3(C)C)C2=[N+](c2ccccc2)c2ccccc2)C(C)(C)c2cc(Cl)ccc21. The molecule has 4 aromatic rings. The van der Waals surface area contributed by atoms with Crippen LogP contribution >= 0.6 is 23.2 Å². The van der Waals surface area contributed by atoms with Crippen molar-refractivity contribution in [3.63, 3.8) is 0 Å². The highest BCUT2D eigenvalue weighted by molar-refractivity contribution is 6.31. The zero-order valence-electron chi connectivity index (χ0n) is 44.1. The Kier molecular flexibility index (Phi) is 20.2. The lowest BCUT2D eigenvalue weighted by Crippen LogP contribution is -2.27. The van der Waals surface area contributed by atoms with E-state index in [1.54, 1.807) is 0 Å². The van der Waals surface area contributed by atoms with E-state index in [1.807, 2.05) is 0 Å². The fourth-order valence-electron chi connectivity index (χ4n) is 11.5. The summed E-state index contributed by atoms with van der Waals surface area (Å²) in [4.78, 5) is 5.23. The fourth-order valence-corrected chi connectivity index (χ4v) is 11.9. The summed E-state index contributed by atoms with van der Waals surface area (Å²) >= 11 is 13.5. The van der Waals surface area contributed by atoms with Crippen molar-refractivity contribution in [1.82, 2.24) is 4.58 Å². The Morgan fingerprint density at radius 3 is 1.14 bits per heavy atom. The van der Waals surface area contributed by atoms with Crippen molar-refractivity contribution in [2.75, 3.05) is 22.9 Å². The van der Waals surface area contributed by atoms with Crippen molar-refractivity contribution in [2.45, 2.75) is 194 Å². The number of nitrogens with zero attached hydrogens (tertiary/aromatic N) is 3. The van der Waals surface area contributed by atoms with Gasteiger partial charge in [-0.3, -0.25) is 0 Å². The van der Waals surface area contributed by atoms with Crippen LogP contribution in [0.3, 0.4) is 0 Å². The first-order chi connectivity index (χ1) is 34.1. The lowest BCUT2D eigenvalue weighted by atomic mass is 9.83. The lowest BCUT2D eigenvalue weighted by Gasteiger charge is -2.27. The number of para-hydroxylation sites is 2. The van der Waals surface area contributed by atoms with Crippen LogP contribution in [0.15, 0.2) is 144 Å². The van der Waals surface area contributed by atoms with E-state index >= 15 is 0 Å². The number of rotatable bonds is 26. The average molecular weight is 980 g/mol. The molecule has 374 valence electrons. The molecule has 4 aromatic carbocycles. The van der Waals surface area contributed by atoms with Crippen molar-refractivity contribution < 1.29 is 0 Å². The van der Waals surface area contributed by atoms with E-state index < -0.39 is 0 Å². The van der Waals surface area contributed by atoms with Gasteiger partial charge in [-0.1, -0.05) is 229 Å². The Hall–Kier alpha value is -4.31. The molecule has 5 heteroatoms. The lowest BCUT2D eigenvalue weighted by molar-refractivity contribution is 0.554. The molecule has 0 spiro atoms. The third-order valence-corrected chi connectivity index (χ3v) is 16.1. The first-order valence-corrected chi connectivity index (χ1v) is 28.6. The van der Waals surface area contributed by atoms with E-state index in [9.17, 15) is 0 Å². The van der Waals surface area contributed by atoms with Crippen LogP contribution in [0.5, 0.6) is 0 Å². The molecule has 0 unspecified atom stereocenters. The Balaban J connectivity index is 1.22. The maximum absolute atomic E-state index is 6.75. The van der Waals surface area contributed by atoms with Crippen molar-refractivity contribution in [2.24, 2.45) is 0 Å². The Bertz CT molecular complexity index is 2280. The Morgan fingerprint density at radius 2 is 0.786 bits per heavy atom. The molecule has 2 aliphatic heterocycles. The molecule has 7 rings (SSSR count). The molecule has 0 aromatic heterocycles. The van der Waals surface area contributed by atoms with Gasteiger partial charge in [-0.15, -0.1) is 0 Å². The number of unbranched alkanes of at least 4 members (excludes halogenated alkanes) is 18. The zero-order valence-corrected chi connectivity index (χ0v) is 45.6. The predicted molar refractivity (Wildman–Crippen MR) is 308 cm³/mol. The molecule has 3 aliphatic rings. The van der Waals surface area contributed by atoms with Gasteiger partial charge in [0.15, 0.2) is 0 Å². The minimum Gasteiger partial charge on any atom is -0.344 e. The van der Waals surface area contributed by atoms with Gasteiger partial charge in [-0.2, -0.15) is 4.58 Å². The summed E-state index contributed by atoms with van der Waals surface area (Å²) in [6, 6.07) is 35.0. The Morgan fingerprint density at radius 1 is 0.443 bits per heavy atom. The number of hydrogen-bond donors (Lipinski definition) is 0. The average Bonchev–Trinajstić information content (AvgIpc) is 3.92. The summed E-state index contributed by atoms with van der Waals surface area (Å²) in [6.45, 7) is 16.2. The maximum Gasteiger partial charge on any atom is 0.218 e. The van der Waals surface area contributed by atoms with Gasteiger partial charge in [0.05, 0.1) is 0 Å². The summed E-state index contributed by atoms with van der Waals surface area (Å²) in [7, 11) is 0. The smallest absolute Gasteiger partial charge is 0.218 e. The number of anilines is 2. The van der Waals surface area contributed by atoms with Crippen LogP contribution in [0.25, 0.3) is 0 Å². The monoisotopic (exact) mass is 979 g/mol. The number of halogens is 2. The first kappa shape index (κ1) is 53.5. The van der Waals surface area contributed by atoms with Crippen LogP contribution < -0.4 is 14.4 Å². The normalized spacial score (nSPS) is 18.3. The summed E-state index contributed by atoms with van der Waals surface area (Å²) in [5.41, 5.74) is 13.9. The van der Waals surface area contributed by atoms with Crippen molar-refractivity contribution >= 4 is 51.7 Å². The van der Waals surface area contributed by atoms with E-state index in [0.29, 0.717) is 0 Å². The van der Waals surface area contributed by atoms with Crippen molar-refractivity contribution in [1.29, 1.82) is 0 Å². The number of hydrogen-bond acceptors (Lipinski definition) is 2. The zero-order chi connectivity index (χ0) is 49.4. The summed E-state index contributed by atoms with van der Waals surface area (Å²) in [6.07, 6.45) is 38.4. The molecule has 70 heavy (non-hydrogen) atoms. The molecule has 0 N–H and O–H groups in total. The maximum atomic E-state index is 6.75.